The maximum atomic E-state index is 12.5. The largest absolute Gasteiger partial charge is 0.497 e. The van der Waals surface area contributed by atoms with Gasteiger partial charge >= 0.3 is 5.97 Å². The molecule has 6 heteroatoms. The Kier molecular flexibility index (Phi) is 5.42. The van der Waals surface area contributed by atoms with E-state index in [0.29, 0.717) is 34.7 Å². The SMILES string of the molecule is CCc1c(NC(=O)c2cc(OC)cc(OC)c2)cccc1C(=O)O. The minimum absolute atomic E-state index is 0.179. The third kappa shape index (κ3) is 3.65. The van der Waals surface area contributed by atoms with Gasteiger partial charge in [0, 0.05) is 17.3 Å². The summed E-state index contributed by atoms with van der Waals surface area (Å²) >= 11 is 0. The molecule has 24 heavy (non-hydrogen) atoms. The van der Waals surface area contributed by atoms with Crippen LogP contribution in [0, 0.1) is 0 Å². The number of hydrogen-bond donors (Lipinski definition) is 2. The lowest BCUT2D eigenvalue weighted by atomic mass is 10.0. The van der Waals surface area contributed by atoms with E-state index in [1.807, 2.05) is 6.92 Å². The fourth-order valence-electron chi connectivity index (χ4n) is 2.42. The van der Waals surface area contributed by atoms with Crippen molar-refractivity contribution in [2.75, 3.05) is 19.5 Å². The molecule has 0 aromatic heterocycles. The van der Waals surface area contributed by atoms with Gasteiger partial charge in [-0.15, -0.1) is 0 Å². The number of aromatic carboxylic acids is 1. The molecule has 0 saturated carbocycles. The number of rotatable bonds is 6. The minimum Gasteiger partial charge on any atom is -0.497 e. The Labute approximate surface area is 140 Å². The lowest BCUT2D eigenvalue weighted by Crippen LogP contribution is -2.15. The first-order valence-corrected chi connectivity index (χ1v) is 7.39. The Morgan fingerprint density at radius 3 is 2.21 bits per heavy atom. The van der Waals surface area contributed by atoms with Crippen LogP contribution in [0.1, 0.15) is 33.2 Å². The second-order valence-corrected chi connectivity index (χ2v) is 5.05. The number of ether oxygens (including phenoxy) is 2. The second kappa shape index (κ2) is 7.50. The van der Waals surface area contributed by atoms with Crippen LogP contribution >= 0.6 is 0 Å². The van der Waals surface area contributed by atoms with E-state index in [1.165, 1.54) is 20.3 Å². The molecule has 126 valence electrons. The summed E-state index contributed by atoms with van der Waals surface area (Å²) in [6, 6.07) is 9.64. The van der Waals surface area contributed by atoms with E-state index in [1.54, 1.807) is 30.3 Å². The van der Waals surface area contributed by atoms with E-state index in [-0.39, 0.29) is 11.5 Å². The molecule has 2 aromatic rings. The Bertz CT molecular complexity index is 748. The number of amides is 1. The van der Waals surface area contributed by atoms with E-state index < -0.39 is 5.97 Å². The van der Waals surface area contributed by atoms with Gasteiger partial charge < -0.3 is 19.9 Å². The maximum absolute atomic E-state index is 12.5. The van der Waals surface area contributed by atoms with Gasteiger partial charge in [-0.3, -0.25) is 4.79 Å². The van der Waals surface area contributed by atoms with Crippen LogP contribution in [0.5, 0.6) is 11.5 Å². The molecule has 0 atom stereocenters. The Hall–Kier alpha value is -3.02. The summed E-state index contributed by atoms with van der Waals surface area (Å²) in [5, 5.41) is 12.0. The lowest BCUT2D eigenvalue weighted by molar-refractivity contribution is 0.0695. The normalized spacial score (nSPS) is 10.1. The van der Waals surface area contributed by atoms with Crippen molar-refractivity contribution in [1.29, 1.82) is 0 Å². The number of carbonyl (C=O) groups is 2. The van der Waals surface area contributed by atoms with E-state index >= 15 is 0 Å². The van der Waals surface area contributed by atoms with Gasteiger partial charge in [-0.05, 0) is 36.2 Å². The van der Waals surface area contributed by atoms with Gasteiger partial charge in [-0.2, -0.15) is 0 Å². The van der Waals surface area contributed by atoms with Crippen LogP contribution in [-0.2, 0) is 6.42 Å². The zero-order chi connectivity index (χ0) is 17.7. The highest BCUT2D eigenvalue weighted by atomic mass is 16.5. The zero-order valence-corrected chi connectivity index (χ0v) is 13.8. The molecule has 6 nitrogen and oxygen atoms in total. The summed E-state index contributed by atoms with van der Waals surface area (Å²) in [5.41, 5.74) is 1.59. The summed E-state index contributed by atoms with van der Waals surface area (Å²) in [7, 11) is 3.00. The lowest BCUT2D eigenvalue weighted by Gasteiger charge is -2.13. The topological polar surface area (TPSA) is 84.9 Å². The van der Waals surface area contributed by atoms with Crippen LogP contribution < -0.4 is 14.8 Å². The number of carboxylic acid groups (broad SMARTS) is 1. The molecule has 0 fully saturated rings. The van der Waals surface area contributed by atoms with E-state index in [2.05, 4.69) is 5.32 Å². The summed E-state index contributed by atoms with van der Waals surface area (Å²) in [4.78, 5) is 23.8. The molecule has 0 aliphatic heterocycles. The van der Waals surface area contributed by atoms with Crippen LogP contribution in [0.15, 0.2) is 36.4 Å². The highest BCUT2D eigenvalue weighted by Crippen LogP contribution is 2.25. The summed E-state index contributed by atoms with van der Waals surface area (Å²) < 4.78 is 10.3. The number of methoxy groups -OCH3 is 2. The predicted octanol–water partition coefficient (Wildman–Crippen LogP) is 3.22. The summed E-state index contributed by atoms with van der Waals surface area (Å²) in [6.45, 7) is 1.84. The third-order valence-corrected chi connectivity index (χ3v) is 3.62. The van der Waals surface area contributed by atoms with Gasteiger partial charge in [-0.25, -0.2) is 4.79 Å². The number of nitrogens with one attached hydrogen (secondary N) is 1. The number of benzene rings is 2. The van der Waals surface area contributed by atoms with Crippen molar-refractivity contribution >= 4 is 17.6 Å². The maximum Gasteiger partial charge on any atom is 0.336 e. The molecule has 2 aromatic carbocycles. The number of carbonyl (C=O) groups excluding carboxylic acids is 1. The molecule has 0 spiro atoms. The number of anilines is 1. The molecule has 0 unspecified atom stereocenters. The van der Waals surface area contributed by atoms with Crippen molar-refractivity contribution in [3.8, 4) is 11.5 Å². The van der Waals surface area contributed by atoms with Crippen molar-refractivity contribution in [2.24, 2.45) is 0 Å². The quantitative estimate of drug-likeness (QED) is 0.850. The van der Waals surface area contributed by atoms with Crippen LogP contribution in [-0.4, -0.2) is 31.2 Å². The van der Waals surface area contributed by atoms with Crippen molar-refractivity contribution in [1.82, 2.24) is 0 Å². The van der Waals surface area contributed by atoms with Crippen molar-refractivity contribution in [3.05, 3.63) is 53.1 Å². The molecule has 0 aliphatic carbocycles. The zero-order valence-electron chi connectivity index (χ0n) is 13.8. The summed E-state index contributed by atoms with van der Waals surface area (Å²) in [5.74, 6) is -0.403. The van der Waals surface area contributed by atoms with Gasteiger partial charge in [-0.1, -0.05) is 13.0 Å². The van der Waals surface area contributed by atoms with Crippen LogP contribution in [0.3, 0.4) is 0 Å². The monoisotopic (exact) mass is 329 g/mol. The summed E-state index contributed by atoms with van der Waals surface area (Å²) in [6.07, 6.45) is 0.486. The second-order valence-electron chi connectivity index (χ2n) is 5.05. The van der Waals surface area contributed by atoms with Gasteiger partial charge in [0.2, 0.25) is 0 Å². The highest BCUT2D eigenvalue weighted by molar-refractivity contribution is 6.06. The van der Waals surface area contributed by atoms with Gasteiger partial charge in [0.1, 0.15) is 11.5 Å². The number of carboxylic acids is 1. The van der Waals surface area contributed by atoms with E-state index in [0.717, 1.165) is 0 Å². The van der Waals surface area contributed by atoms with Crippen LogP contribution in [0.25, 0.3) is 0 Å². The first kappa shape index (κ1) is 17.3. The molecule has 2 rings (SSSR count). The first-order chi connectivity index (χ1) is 11.5. The molecule has 0 heterocycles. The standard InChI is InChI=1S/C18H19NO5/c1-4-14-15(18(21)22)6-5-7-16(14)19-17(20)11-8-12(23-2)10-13(9-11)24-3/h5-10H,4H2,1-3H3,(H,19,20)(H,21,22). The smallest absolute Gasteiger partial charge is 0.336 e. The van der Waals surface area contributed by atoms with E-state index in [4.69, 9.17) is 9.47 Å². The molecule has 1 amide bonds. The van der Waals surface area contributed by atoms with Crippen molar-refractivity contribution in [3.63, 3.8) is 0 Å². The van der Waals surface area contributed by atoms with Crippen molar-refractivity contribution < 1.29 is 24.2 Å². The van der Waals surface area contributed by atoms with Crippen molar-refractivity contribution in [2.45, 2.75) is 13.3 Å². The molecule has 0 saturated heterocycles. The fourth-order valence-corrected chi connectivity index (χ4v) is 2.42. The van der Waals surface area contributed by atoms with Gasteiger partial charge in [0.25, 0.3) is 5.91 Å². The third-order valence-electron chi connectivity index (χ3n) is 3.62. The van der Waals surface area contributed by atoms with Gasteiger partial charge in [0.05, 0.1) is 19.8 Å². The molecule has 0 bridgehead atoms. The molecular formula is C18H19NO5. The minimum atomic E-state index is -1.02. The average Bonchev–Trinajstić information content (AvgIpc) is 2.60. The molecular weight excluding hydrogens is 310 g/mol. The molecule has 0 radical (unpaired) electrons. The Morgan fingerprint density at radius 2 is 1.71 bits per heavy atom. The van der Waals surface area contributed by atoms with Gasteiger partial charge in [0.15, 0.2) is 0 Å². The first-order valence-electron chi connectivity index (χ1n) is 7.39. The fraction of sp³-hybridized carbons (Fsp3) is 0.222. The molecule has 2 N–H and O–H groups in total. The van der Waals surface area contributed by atoms with E-state index in [9.17, 15) is 14.7 Å². The highest BCUT2D eigenvalue weighted by Gasteiger charge is 2.16. The van der Waals surface area contributed by atoms with Crippen LogP contribution in [0.4, 0.5) is 5.69 Å². The average molecular weight is 329 g/mol. The number of hydrogen-bond acceptors (Lipinski definition) is 4. The Morgan fingerprint density at radius 1 is 1.08 bits per heavy atom. The van der Waals surface area contributed by atoms with Crippen LogP contribution in [0.2, 0.25) is 0 Å². The predicted molar refractivity (Wildman–Crippen MR) is 90.3 cm³/mol. The molecule has 0 aliphatic rings. The Balaban J connectivity index is 2.37.